The van der Waals surface area contributed by atoms with Gasteiger partial charge in [0.15, 0.2) is 0 Å². The number of thiol groups is 1. The van der Waals surface area contributed by atoms with Gasteiger partial charge in [0.05, 0.1) is 0 Å². The minimum absolute atomic E-state index is 0.840. The van der Waals surface area contributed by atoms with Crippen LogP contribution in [-0.2, 0) is 4.79 Å². The van der Waals surface area contributed by atoms with Gasteiger partial charge in [0.1, 0.15) is 0 Å². The van der Waals surface area contributed by atoms with Crippen molar-refractivity contribution < 1.29 is 9.90 Å². The monoisotopic (exact) mass is 160 g/mol. The molecule has 1 N–H and O–H groups in total. The van der Waals surface area contributed by atoms with Crippen LogP contribution in [0.15, 0.2) is 12.2 Å². The highest BCUT2D eigenvalue weighted by Crippen LogP contribution is 1.97. The van der Waals surface area contributed by atoms with E-state index in [0.717, 1.165) is 25.0 Å². The first-order valence-electron chi connectivity index (χ1n) is 3.27. The Morgan fingerprint density at radius 2 is 2.20 bits per heavy atom. The fourth-order valence-corrected chi connectivity index (χ4v) is 0.782. The highest BCUT2D eigenvalue weighted by atomic mass is 32.1. The highest BCUT2D eigenvalue weighted by Gasteiger charge is 1.85. The van der Waals surface area contributed by atoms with Gasteiger partial charge in [0.25, 0.3) is 0 Å². The van der Waals surface area contributed by atoms with Crippen LogP contribution in [0.2, 0.25) is 0 Å². The lowest BCUT2D eigenvalue weighted by atomic mass is 10.2. The average molecular weight is 160 g/mol. The Hall–Kier alpha value is -0.440. The van der Waals surface area contributed by atoms with Gasteiger partial charge in [-0.25, -0.2) is 4.79 Å². The molecule has 10 heavy (non-hydrogen) atoms. The van der Waals surface area contributed by atoms with Crippen LogP contribution >= 0.6 is 12.6 Å². The number of unbranched alkanes of at least 4 members (excludes halogenated alkanes) is 2. The van der Waals surface area contributed by atoms with Crippen LogP contribution in [0, 0.1) is 0 Å². The zero-order chi connectivity index (χ0) is 7.82. The van der Waals surface area contributed by atoms with Gasteiger partial charge in [0, 0.05) is 6.08 Å². The predicted molar refractivity (Wildman–Crippen MR) is 44.5 cm³/mol. The van der Waals surface area contributed by atoms with Crippen LogP contribution in [0.25, 0.3) is 0 Å². The zero-order valence-electron chi connectivity index (χ0n) is 5.79. The van der Waals surface area contributed by atoms with Gasteiger partial charge in [-0.15, -0.1) is 0 Å². The Labute approximate surface area is 66.4 Å². The van der Waals surface area contributed by atoms with E-state index < -0.39 is 5.97 Å². The summed E-state index contributed by atoms with van der Waals surface area (Å²) in [6.45, 7) is 0. The first kappa shape index (κ1) is 9.56. The molecule has 0 aromatic carbocycles. The van der Waals surface area contributed by atoms with Crippen molar-refractivity contribution in [1.29, 1.82) is 0 Å². The van der Waals surface area contributed by atoms with Crippen molar-refractivity contribution >= 4 is 18.6 Å². The molecule has 0 spiro atoms. The molecule has 0 aliphatic rings. The summed E-state index contributed by atoms with van der Waals surface area (Å²) in [4.78, 5) is 9.93. The first-order chi connectivity index (χ1) is 4.77. The van der Waals surface area contributed by atoms with Crippen molar-refractivity contribution in [2.24, 2.45) is 0 Å². The number of hydrogen-bond donors (Lipinski definition) is 2. The Morgan fingerprint density at radius 1 is 1.50 bits per heavy atom. The molecule has 0 aliphatic carbocycles. The fraction of sp³-hybridized carbons (Fsp3) is 0.571. The molecule has 0 aromatic rings. The van der Waals surface area contributed by atoms with Crippen molar-refractivity contribution in [3.8, 4) is 0 Å². The lowest BCUT2D eigenvalue weighted by Crippen LogP contribution is -1.85. The topological polar surface area (TPSA) is 37.3 Å². The third-order valence-electron chi connectivity index (χ3n) is 1.04. The number of hydrogen-bond acceptors (Lipinski definition) is 2. The summed E-state index contributed by atoms with van der Waals surface area (Å²) < 4.78 is 0. The number of aliphatic carboxylic acids is 1. The molecular formula is C7H12O2S. The Balaban J connectivity index is 3.10. The Kier molecular flexibility index (Phi) is 6.38. The fourth-order valence-electron chi connectivity index (χ4n) is 0.558. The molecule has 0 aliphatic heterocycles. The van der Waals surface area contributed by atoms with E-state index >= 15 is 0 Å². The Bertz CT molecular complexity index is 121. The second kappa shape index (κ2) is 6.68. The average Bonchev–Trinajstić information content (AvgIpc) is 1.87. The molecular weight excluding hydrogens is 148 g/mol. The largest absolute Gasteiger partial charge is 0.478 e. The van der Waals surface area contributed by atoms with Crippen molar-refractivity contribution in [1.82, 2.24) is 0 Å². The van der Waals surface area contributed by atoms with E-state index in [4.69, 9.17) is 5.11 Å². The minimum atomic E-state index is -0.870. The third-order valence-corrected chi connectivity index (χ3v) is 1.36. The summed E-state index contributed by atoms with van der Waals surface area (Å²) in [5.41, 5.74) is 0. The molecule has 0 saturated heterocycles. The number of rotatable bonds is 5. The van der Waals surface area contributed by atoms with E-state index in [1.165, 1.54) is 6.08 Å². The molecule has 58 valence electrons. The van der Waals surface area contributed by atoms with Crippen LogP contribution in [-0.4, -0.2) is 16.8 Å². The number of carboxylic acids is 1. The highest BCUT2D eigenvalue weighted by molar-refractivity contribution is 7.80. The van der Waals surface area contributed by atoms with Gasteiger partial charge in [-0.3, -0.25) is 0 Å². The van der Waals surface area contributed by atoms with Crippen molar-refractivity contribution in [2.45, 2.75) is 19.3 Å². The molecule has 0 rings (SSSR count). The lowest BCUT2D eigenvalue weighted by molar-refractivity contribution is -0.131. The third kappa shape index (κ3) is 7.56. The first-order valence-corrected chi connectivity index (χ1v) is 3.91. The molecule has 0 fully saturated rings. The maximum Gasteiger partial charge on any atom is 0.327 e. The maximum atomic E-state index is 9.93. The van der Waals surface area contributed by atoms with Crippen molar-refractivity contribution in [3.63, 3.8) is 0 Å². The van der Waals surface area contributed by atoms with E-state index in [2.05, 4.69) is 12.6 Å². The smallest absolute Gasteiger partial charge is 0.327 e. The van der Waals surface area contributed by atoms with Gasteiger partial charge < -0.3 is 5.11 Å². The SMILES string of the molecule is O=C(O)C=CCCCCS. The lowest BCUT2D eigenvalue weighted by Gasteiger charge is -1.89. The summed E-state index contributed by atoms with van der Waals surface area (Å²) in [6, 6.07) is 0. The number of allylic oxidation sites excluding steroid dienone is 1. The van der Waals surface area contributed by atoms with E-state index in [9.17, 15) is 4.79 Å². The van der Waals surface area contributed by atoms with Crippen LogP contribution in [0.1, 0.15) is 19.3 Å². The van der Waals surface area contributed by atoms with Gasteiger partial charge >= 0.3 is 5.97 Å². The molecule has 0 aromatic heterocycles. The molecule has 0 radical (unpaired) electrons. The second-order valence-corrected chi connectivity index (χ2v) is 2.41. The van der Waals surface area contributed by atoms with Crippen molar-refractivity contribution in [3.05, 3.63) is 12.2 Å². The Morgan fingerprint density at radius 3 is 2.70 bits per heavy atom. The summed E-state index contributed by atoms with van der Waals surface area (Å²) in [5, 5.41) is 8.17. The number of carboxylic acid groups (broad SMARTS) is 1. The van der Waals surface area contributed by atoms with Gasteiger partial charge in [-0.05, 0) is 25.0 Å². The summed E-state index contributed by atoms with van der Waals surface area (Å²) in [5.74, 6) is 0.00634. The van der Waals surface area contributed by atoms with Gasteiger partial charge in [-0.2, -0.15) is 12.6 Å². The van der Waals surface area contributed by atoms with E-state index in [0.29, 0.717) is 0 Å². The van der Waals surface area contributed by atoms with E-state index in [-0.39, 0.29) is 0 Å². The van der Waals surface area contributed by atoms with Crippen LogP contribution in [0.4, 0.5) is 0 Å². The maximum absolute atomic E-state index is 9.93. The molecule has 0 bridgehead atoms. The molecule has 3 heteroatoms. The van der Waals surface area contributed by atoms with Crippen LogP contribution in [0.3, 0.4) is 0 Å². The molecule has 0 amide bonds. The molecule has 0 saturated carbocycles. The van der Waals surface area contributed by atoms with Gasteiger partial charge in [0.2, 0.25) is 0 Å². The van der Waals surface area contributed by atoms with Gasteiger partial charge in [-0.1, -0.05) is 6.08 Å². The van der Waals surface area contributed by atoms with E-state index in [1.54, 1.807) is 6.08 Å². The van der Waals surface area contributed by atoms with Crippen LogP contribution < -0.4 is 0 Å². The number of carbonyl (C=O) groups is 1. The summed E-state index contributed by atoms with van der Waals surface area (Å²) in [7, 11) is 0. The van der Waals surface area contributed by atoms with Crippen LogP contribution in [0.5, 0.6) is 0 Å². The quantitative estimate of drug-likeness (QED) is 0.365. The predicted octanol–water partition coefficient (Wildman–Crippen LogP) is 1.73. The summed E-state index contributed by atoms with van der Waals surface area (Å²) in [6.07, 6.45) is 5.76. The van der Waals surface area contributed by atoms with E-state index in [1.807, 2.05) is 0 Å². The zero-order valence-corrected chi connectivity index (χ0v) is 6.68. The molecule has 0 atom stereocenters. The summed E-state index contributed by atoms with van der Waals surface area (Å²) >= 11 is 4.02. The molecule has 0 unspecified atom stereocenters. The standard InChI is InChI=1S/C7H12O2S/c8-7(9)5-3-1-2-4-6-10/h3,5,10H,1-2,4,6H2,(H,8,9). The molecule has 0 heterocycles. The normalized spacial score (nSPS) is 10.5. The minimum Gasteiger partial charge on any atom is -0.478 e. The second-order valence-electron chi connectivity index (χ2n) is 1.96. The molecule has 2 nitrogen and oxygen atoms in total. The van der Waals surface area contributed by atoms with Crippen molar-refractivity contribution in [2.75, 3.05) is 5.75 Å².